The molecule has 0 amide bonds. The summed E-state index contributed by atoms with van der Waals surface area (Å²) in [4.78, 5) is 7.21. The molecule has 16 heavy (non-hydrogen) atoms. The molecule has 2 aliphatic rings. The summed E-state index contributed by atoms with van der Waals surface area (Å²) in [6.07, 6.45) is 1.22. The Kier molecular flexibility index (Phi) is 2.67. The van der Waals surface area contributed by atoms with Crippen LogP contribution in [-0.4, -0.2) is 35.6 Å². The van der Waals surface area contributed by atoms with Gasteiger partial charge in [0.2, 0.25) is 0 Å². The van der Waals surface area contributed by atoms with E-state index in [9.17, 15) is 0 Å². The maximum atomic E-state index is 4.71. The van der Waals surface area contributed by atoms with Gasteiger partial charge >= 0.3 is 0 Å². The molecule has 0 bridgehead atoms. The fourth-order valence-corrected chi connectivity index (χ4v) is 3.56. The molecular weight excluding hydrogens is 218 g/mol. The molecule has 3 heterocycles. The van der Waals surface area contributed by atoms with Crippen molar-refractivity contribution in [3.63, 3.8) is 0 Å². The third-order valence-corrected chi connectivity index (χ3v) is 4.40. The number of nitrogens with zero attached hydrogens (tertiary/aromatic N) is 2. The topological polar surface area (TPSA) is 28.2 Å². The van der Waals surface area contributed by atoms with Gasteiger partial charge in [-0.1, -0.05) is 0 Å². The van der Waals surface area contributed by atoms with Gasteiger partial charge in [-0.05, 0) is 25.5 Å². The van der Waals surface area contributed by atoms with Crippen LogP contribution in [0.15, 0.2) is 12.1 Å². The summed E-state index contributed by atoms with van der Waals surface area (Å²) in [5.41, 5.74) is 2.32. The number of thioether (sulfide) groups is 1. The maximum absolute atomic E-state index is 4.71. The molecular formula is C12H17N3S. The molecule has 0 spiro atoms. The highest BCUT2D eigenvalue weighted by Crippen LogP contribution is 2.32. The zero-order valence-electron chi connectivity index (χ0n) is 9.57. The molecule has 4 heteroatoms. The summed E-state index contributed by atoms with van der Waals surface area (Å²) in [6, 6.07) is 4.92. The molecule has 1 N–H and O–H groups in total. The number of aromatic nitrogens is 1. The Balaban J connectivity index is 2.02. The van der Waals surface area contributed by atoms with Gasteiger partial charge in [0.15, 0.2) is 5.82 Å². The summed E-state index contributed by atoms with van der Waals surface area (Å²) >= 11 is 2.07. The number of pyridine rings is 1. The van der Waals surface area contributed by atoms with Crippen molar-refractivity contribution in [3.05, 3.63) is 17.8 Å². The largest absolute Gasteiger partial charge is 0.382 e. The molecule has 1 saturated heterocycles. The molecule has 2 aliphatic heterocycles. The Labute approximate surface area is 101 Å². The van der Waals surface area contributed by atoms with E-state index in [1.165, 1.54) is 29.4 Å². The van der Waals surface area contributed by atoms with Crippen LogP contribution in [0.4, 0.5) is 11.5 Å². The van der Waals surface area contributed by atoms with E-state index in [0.717, 1.165) is 18.8 Å². The van der Waals surface area contributed by atoms with E-state index in [2.05, 4.69) is 41.0 Å². The van der Waals surface area contributed by atoms with E-state index in [0.29, 0.717) is 6.04 Å². The molecule has 86 valence electrons. The molecule has 0 saturated carbocycles. The first kappa shape index (κ1) is 10.3. The van der Waals surface area contributed by atoms with Crippen LogP contribution in [-0.2, 0) is 0 Å². The predicted molar refractivity (Wildman–Crippen MR) is 70.5 cm³/mol. The van der Waals surface area contributed by atoms with Crippen molar-refractivity contribution in [1.29, 1.82) is 0 Å². The third-order valence-electron chi connectivity index (χ3n) is 3.31. The lowest BCUT2D eigenvalue weighted by atomic mass is 10.2. The molecule has 3 rings (SSSR count). The van der Waals surface area contributed by atoms with E-state index in [1.54, 1.807) is 0 Å². The molecule has 3 nitrogen and oxygen atoms in total. The number of rotatable bonds is 0. The normalized spacial score (nSPS) is 24.1. The Morgan fingerprint density at radius 3 is 3.38 bits per heavy atom. The first-order chi connectivity index (χ1) is 7.84. The van der Waals surface area contributed by atoms with Gasteiger partial charge < -0.3 is 10.2 Å². The smallest absolute Gasteiger partial charge is 0.152 e. The van der Waals surface area contributed by atoms with Gasteiger partial charge in [-0.15, -0.1) is 0 Å². The van der Waals surface area contributed by atoms with E-state index in [-0.39, 0.29) is 0 Å². The minimum Gasteiger partial charge on any atom is -0.382 e. The monoisotopic (exact) mass is 235 g/mol. The minimum atomic E-state index is 0.668. The van der Waals surface area contributed by atoms with Gasteiger partial charge in [-0.25, -0.2) is 4.98 Å². The van der Waals surface area contributed by atoms with Crippen LogP contribution in [0.3, 0.4) is 0 Å². The van der Waals surface area contributed by atoms with E-state index in [4.69, 9.17) is 4.98 Å². The van der Waals surface area contributed by atoms with Crippen molar-refractivity contribution in [2.75, 3.05) is 34.8 Å². The quantitative estimate of drug-likeness (QED) is 0.745. The number of nitrogens with one attached hydrogen (secondary N) is 1. The molecule has 0 aliphatic carbocycles. The lowest BCUT2D eigenvalue weighted by Gasteiger charge is -2.35. The zero-order valence-corrected chi connectivity index (χ0v) is 10.4. The number of hydrogen-bond donors (Lipinski definition) is 1. The van der Waals surface area contributed by atoms with E-state index in [1.807, 2.05) is 0 Å². The fraction of sp³-hybridized carbons (Fsp3) is 0.583. The van der Waals surface area contributed by atoms with Gasteiger partial charge in [-0.3, -0.25) is 0 Å². The molecule has 0 radical (unpaired) electrons. The average molecular weight is 235 g/mol. The number of fused-ring (bicyclic) bond motifs is 3. The number of hydrogen-bond acceptors (Lipinski definition) is 4. The first-order valence-electron chi connectivity index (χ1n) is 5.90. The SMILES string of the molecule is Cc1ccc2c(n1)N1CCSCC1CCN2. The van der Waals surface area contributed by atoms with Crippen molar-refractivity contribution in [3.8, 4) is 0 Å². The second-order valence-corrected chi connectivity index (χ2v) is 5.61. The van der Waals surface area contributed by atoms with Crippen molar-refractivity contribution >= 4 is 23.3 Å². The summed E-state index contributed by atoms with van der Waals surface area (Å²) in [7, 11) is 0. The van der Waals surface area contributed by atoms with Crippen LogP contribution < -0.4 is 10.2 Å². The lowest BCUT2D eigenvalue weighted by molar-refractivity contribution is 0.619. The third kappa shape index (κ3) is 1.75. The maximum Gasteiger partial charge on any atom is 0.152 e. The van der Waals surface area contributed by atoms with Crippen molar-refractivity contribution < 1.29 is 0 Å². The highest BCUT2D eigenvalue weighted by Gasteiger charge is 2.27. The highest BCUT2D eigenvalue weighted by molar-refractivity contribution is 7.99. The molecule has 1 aromatic rings. The van der Waals surface area contributed by atoms with Crippen LogP contribution in [0.5, 0.6) is 0 Å². The Hall–Kier alpha value is -0.900. The predicted octanol–water partition coefficient (Wildman–Crippen LogP) is 2.13. The van der Waals surface area contributed by atoms with Gasteiger partial charge in [0.1, 0.15) is 0 Å². The second kappa shape index (κ2) is 4.17. The molecule has 1 aromatic heterocycles. The summed E-state index contributed by atoms with van der Waals surface area (Å²) in [5, 5.41) is 3.50. The van der Waals surface area contributed by atoms with Crippen molar-refractivity contribution in [1.82, 2.24) is 4.98 Å². The van der Waals surface area contributed by atoms with Crippen LogP contribution in [0.1, 0.15) is 12.1 Å². The molecule has 1 atom stereocenters. The molecule has 1 unspecified atom stereocenters. The van der Waals surface area contributed by atoms with Crippen molar-refractivity contribution in [2.24, 2.45) is 0 Å². The highest BCUT2D eigenvalue weighted by atomic mass is 32.2. The Bertz CT molecular complexity index is 394. The van der Waals surface area contributed by atoms with Crippen LogP contribution in [0, 0.1) is 6.92 Å². The summed E-state index contributed by atoms with van der Waals surface area (Å²) in [6.45, 7) is 4.28. The number of aryl methyl sites for hydroxylation is 1. The summed E-state index contributed by atoms with van der Waals surface area (Å²) in [5.74, 6) is 3.64. The van der Waals surface area contributed by atoms with E-state index >= 15 is 0 Å². The van der Waals surface area contributed by atoms with Gasteiger partial charge in [0, 0.05) is 36.3 Å². The first-order valence-corrected chi connectivity index (χ1v) is 7.06. The van der Waals surface area contributed by atoms with Gasteiger partial charge in [0.05, 0.1) is 5.69 Å². The minimum absolute atomic E-state index is 0.668. The van der Waals surface area contributed by atoms with Crippen LogP contribution in [0.2, 0.25) is 0 Å². The van der Waals surface area contributed by atoms with Crippen LogP contribution >= 0.6 is 11.8 Å². The molecule has 1 fully saturated rings. The fourth-order valence-electron chi connectivity index (χ4n) is 2.45. The lowest BCUT2D eigenvalue weighted by Crippen LogP contribution is -2.42. The second-order valence-electron chi connectivity index (χ2n) is 4.46. The van der Waals surface area contributed by atoms with Gasteiger partial charge in [-0.2, -0.15) is 11.8 Å². The standard InChI is InChI=1S/C12H17N3S/c1-9-2-3-11-12(14-9)15-6-7-16-8-10(15)4-5-13-11/h2-3,10,13H,4-8H2,1H3. The van der Waals surface area contributed by atoms with Gasteiger partial charge in [0.25, 0.3) is 0 Å². The van der Waals surface area contributed by atoms with Crippen LogP contribution in [0.25, 0.3) is 0 Å². The van der Waals surface area contributed by atoms with Crippen molar-refractivity contribution in [2.45, 2.75) is 19.4 Å². The Morgan fingerprint density at radius 2 is 2.44 bits per heavy atom. The molecule has 0 aromatic carbocycles. The summed E-state index contributed by atoms with van der Waals surface area (Å²) < 4.78 is 0. The van der Waals surface area contributed by atoms with E-state index < -0.39 is 0 Å². The Morgan fingerprint density at radius 1 is 1.50 bits per heavy atom. The average Bonchev–Trinajstić information content (AvgIpc) is 2.48. The zero-order chi connectivity index (χ0) is 11.0. The number of anilines is 2.